The smallest absolute Gasteiger partial charge is 0.229 e. The Labute approximate surface area is 109 Å². The predicted octanol–water partition coefficient (Wildman–Crippen LogP) is 2.64. The Hall–Kier alpha value is -0.180. The summed E-state index contributed by atoms with van der Waals surface area (Å²) in [6.45, 7) is 2.22. The average molecular weight is 253 g/mol. The number of carbonyl (C=O) groups excluding carboxylic acids is 1. The van der Waals surface area contributed by atoms with Crippen molar-refractivity contribution in [1.29, 1.82) is 0 Å². The molecule has 0 spiro atoms. The van der Waals surface area contributed by atoms with Crippen LogP contribution in [0.3, 0.4) is 0 Å². The van der Waals surface area contributed by atoms with Crippen LogP contribution in [-0.4, -0.2) is 17.7 Å². The fourth-order valence-corrected chi connectivity index (χ4v) is 5.24. The zero-order chi connectivity index (χ0) is 12.0. The van der Waals surface area contributed by atoms with E-state index >= 15 is 0 Å². The molecule has 4 aliphatic carbocycles. The van der Waals surface area contributed by atoms with Gasteiger partial charge in [0.15, 0.2) is 0 Å². The molecule has 0 saturated heterocycles. The predicted molar refractivity (Wildman–Crippen MR) is 72.1 cm³/mol. The topological polar surface area (TPSA) is 29.1 Å². The van der Waals surface area contributed by atoms with Crippen molar-refractivity contribution in [2.75, 3.05) is 5.75 Å². The van der Waals surface area contributed by atoms with Gasteiger partial charge in [-0.05, 0) is 68.6 Å². The SMILES string of the molecule is CC(NC(=O)CS)C12CC3CC(CC(C3)C1)C2. The molecule has 0 aromatic rings. The van der Waals surface area contributed by atoms with Crippen LogP contribution >= 0.6 is 12.6 Å². The second-order valence-corrected chi connectivity index (χ2v) is 7.04. The molecule has 4 fully saturated rings. The molecule has 0 radical (unpaired) electrons. The first-order valence-corrected chi connectivity index (χ1v) is 7.65. The Bertz CT molecular complexity index is 293. The van der Waals surface area contributed by atoms with E-state index in [0.29, 0.717) is 17.2 Å². The van der Waals surface area contributed by atoms with Gasteiger partial charge >= 0.3 is 0 Å². The van der Waals surface area contributed by atoms with Gasteiger partial charge in [-0.2, -0.15) is 12.6 Å². The van der Waals surface area contributed by atoms with Gasteiger partial charge in [-0.25, -0.2) is 0 Å². The van der Waals surface area contributed by atoms with Crippen molar-refractivity contribution in [2.24, 2.45) is 23.2 Å². The minimum atomic E-state index is 0.0941. The van der Waals surface area contributed by atoms with Gasteiger partial charge in [0.2, 0.25) is 5.91 Å². The van der Waals surface area contributed by atoms with E-state index in [1.807, 2.05) is 0 Å². The summed E-state index contributed by atoms with van der Waals surface area (Å²) in [5.41, 5.74) is 0.424. The van der Waals surface area contributed by atoms with Crippen LogP contribution in [0, 0.1) is 23.2 Å². The summed E-state index contributed by atoms with van der Waals surface area (Å²) in [5, 5.41) is 3.17. The third kappa shape index (κ3) is 2.00. The van der Waals surface area contributed by atoms with E-state index in [4.69, 9.17) is 0 Å². The van der Waals surface area contributed by atoms with Crippen LogP contribution < -0.4 is 5.32 Å². The molecule has 4 bridgehead atoms. The molecule has 4 saturated carbocycles. The van der Waals surface area contributed by atoms with Crippen LogP contribution in [0.1, 0.15) is 45.4 Å². The zero-order valence-corrected chi connectivity index (χ0v) is 11.5. The highest BCUT2D eigenvalue weighted by molar-refractivity contribution is 7.81. The molecule has 0 heterocycles. The molecule has 4 rings (SSSR count). The Morgan fingerprint density at radius 3 is 2.12 bits per heavy atom. The number of nitrogens with one attached hydrogen (secondary N) is 1. The van der Waals surface area contributed by atoms with E-state index in [-0.39, 0.29) is 5.91 Å². The first kappa shape index (κ1) is 11.9. The summed E-state index contributed by atoms with van der Waals surface area (Å²) in [4.78, 5) is 11.5. The standard InChI is InChI=1S/C14H23NOS/c1-9(15-13(16)8-17)14-5-10-2-11(6-14)4-12(3-10)7-14/h9-12,17H,2-8H2,1H3,(H,15,16). The van der Waals surface area contributed by atoms with Crippen LogP contribution in [0.4, 0.5) is 0 Å². The van der Waals surface area contributed by atoms with Gasteiger partial charge in [0.1, 0.15) is 0 Å². The summed E-state index contributed by atoms with van der Waals surface area (Å²) in [6.07, 6.45) is 8.46. The summed E-state index contributed by atoms with van der Waals surface area (Å²) < 4.78 is 0. The molecule has 1 N–H and O–H groups in total. The molecule has 0 aromatic carbocycles. The third-order valence-electron chi connectivity index (χ3n) is 5.53. The van der Waals surface area contributed by atoms with Crippen molar-refractivity contribution in [3.05, 3.63) is 0 Å². The van der Waals surface area contributed by atoms with Crippen LogP contribution in [-0.2, 0) is 4.79 Å². The largest absolute Gasteiger partial charge is 0.352 e. The van der Waals surface area contributed by atoms with Gasteiger partial charge in [-0.15, -0.1) is 0 Å². The number of carbonyl (C=O) groups is 1. The van der Waals surface area contributed by atoms with Gasteiger partial charge in [-0.1, -0.05) is 0 Å². The number of amides is 1. The van der Waals surface area contributed by atoms with Crippen LogP contribution in [0.2, 0.25) is 0 Å². The van der Waals surface area contributed by atoms with E-state index in [2.05, 4.69) is 24.9 Å². The molecule has 4 aliphatic rings. The van der Waals surface area contributed by atoms with Crippen molar-refractivity contribution >= 4 is 18.5 Å². The van der Waals surface area contributed by atoms with Crippen molar-refractivity contribution in [3.63, 3.8) is 0 Å². The maximum Gasteiger partial charge on any atom is 0.229 e. The lowest BCUT2D eigenvalue weighted by molar-refractivity contribution is -0.123. The Balaban J connectivity index is 1.75. The third-order valence-corrected chi connectivity index (χ3v) is 5.81. The quantitative estimate of drug-likeness (QED) is 0.744. The fourth-order valence-electron chi connectivity index (χ4n) is 5.15. The molecule has 0 aromatic heterocycles. The maximum absolute atomic E-state index is 11.5. The summed E-state index contributed by atoms with van der Waals surface area (Å²) in [5.74, 6) is 3.28. The van der Waals surface area contributed by atoms with Crippen molar-refractivity contribution < 1.29 is 4.79 Å². The Morgan fingerprint density at radius 2 is 1.71 bits per heavy atom. The molecule has 96 valence electrons. The second kappa shape index (κ2) is 4.18. The normalized spacial score (nSPS) is 44.7. The Kier molecular flexibility index (Phi) is 2.92. The molecular formula is C14H23NOS. The lowest BCUT2D eigenvalue weighted by atomic mass is 9.48. The number of hydrogen-bond acceptors (Lipinski definition) is 2. The van der Waals surface area contributed by atoms with Crippen LogP contribution in [0.25, 0.3) is 0 Å². The van der Waals surface area contributed by atoms with E-state index < -0.39 is 0 Å². The zero-order valence-electron chi connectivity index (χ0n) is 10.6. The number of rotatable bonds is 3. The van der Waals surface area contributed by atoms with Gasteiger partial charge in [-0.3, -0.25) is 4.79 Å². The summed E-state index contributed by atoms with van der Waals surface area (Å²) in [6, 6.07) is 0.343. The van der Waals surface area contributed by atoms with Crippen molar-refractivity contribution in [2.45, 2.75) is 51.5 Å². The highest BCUT2D eigenvalue weighted by atomic mass is 32.1. The van der Waals surface area contributed by atoms with Gasteiger partial charge in [0, 0.05) is 6.04 Å². The summed E-state index contributed by atoms with van der Waals surface area (Å²) >= 11 is 4.06. The van der Waals surface area contributed by atoms with Crippen LogP contribution in [0.15, 0.2) is 0 Å². The molecular weight excluding hydrogens is 230 g/mol. The monoisotopic (exact) mass is 253 g/mol. The first-order valence-electron chi connectivity index (χ1n) is 7.01. The average Bonchev–Trinajstić information content (AvgIpc) is 2.26. The van der Waals surface area contributed by atoms with Gasteiger partial charge in [0.25, 0.3) is 0 Å². The number of thiol groups is 1. The first-order chi connectivity index (χ1) is 8.11. The fraction of sp³-hybridized carbons (Fsp3) is 0.929. The molecule has 3 heteroatoms. The molecule has 0 aliphatic heterocycles. The minimum Gasteiger partial charge on any atom is -0.352 e. The van der Waals surface area contributed by atoms with E-state index in [1.165, 1.54) is 38.5 Å². The Morgan fingerprint density at radius 1 is 1.24 bits per heavy atom. The molecule has 1 atom stereocenters. The number of hydrogen-bond donors (Lipinski definition) is 2. The molecule has 2 nitrogen and oxygen atoms in total. The second-order valence-electron chi connectivity index (χ2n) is 6.73. The van der Waals surface area contributed by atoms with Crippen molar-refractivity contribution in [3.8, 4) is 0 Å². The van der Waals surface area contributed by atoms with E-state index in [9.17, 15) is 4.79 Å². The summed E-state index contributed by atoms with van der Waals surface area (Å²) in [7, 11) is 0. The molecule has 1 amide bonds. The molecule has 1 unspecified atom stereocenters. The van der Waals surface area contributed by atoms with Crippen molar-refractivity contribution in [1.82, 2.24) is 5.32 Å². The van der Waals surface area contributed by atoms with Crippen LogP contribution in [0.5, 0.6) is 0 Å². The lowest BCUT2D eigenvalue weighted by Gasteiger charge is -2.59. The highest BCUT2D eigenvalue weighted by Crippen LogP contribution is 2.61. The van der Waals surface area contributed by atoms with Gasteiger partial charge in [0.05, 0.1) is 5.75 Å². The highest BCUT2D eigenvalue weighted by Gasteiger charge is 2.53. The lowest BCUT2D eigenvalue weighted by Crippen LogP contribution is -2.56. The molecule has 17 heavy (non-hydrogen) atoms. The van der Waals surface area contributed by atoms with E-state index in [0.717, 1.165) is 17.8 Å². The van der Waals surface area contributed by atoms with Gasteiger partial charge < -0.3 is 5.32 Å². The maximum atomic E-state index is 11.5. The van der Waals surface area contributed by atoms with E-state index in [1.54, 1.807) is 0 Å². The minimum absolute atomic E-state index is 0.0941.